The normalized spacial score (nSPS) is 23.6. The molecule has 0 atom stereocenters. The van der Waals surface area contributed by atoms with E-state index in [1.54, 1.807) is 0 Å². The minimum Gasteiger partial charge on any atom is -0.373 e. The number of hydrogen-bond acceptors (Lipinski definition) is 3. The molecule has 0 aromatic carbocycles. The number of hydrogen-bond donors (Lipinski definition) is 1. The molecular weight excluding hydrogens is 186 g/mol. The molecule has 1 saturated heterocycles. The smallest absolute Gasteiger partial charge is 0.0963 e. The van der Waals surface area contributed by atoms with Crippen molar-refractivity contribution in [2.45, 2.75) is 38.5 Å². The molecule has 0 saturated carbocycles. The van der Waals surface area contributed by atoms with Crippen LogP contribution in [0.5, 0.6) is 0 Å². The quantitative estimate of drug-likeness (QED) is 0.765. The summed E-state index contributed by atoms with van der Waals surface area (Å²) in [4.78, 5) is 7.12. The Morgan fingerprint density at radius 1 is 1.07 bits per heavy atom. The van der Waals surface area contributed by atoms with Gasteiger partial charge in [-0.1, -0.05) is 6.42 Å². The van der Waals surface area contributed by atoms with Gasteiger partial charge in [0.05, 0.1) is 5.84 Å². The lowest BCUT2D eigenvalue weighted by Crippen LogP contribution is -2.33. The van der Waals surface area contributed by atoms with Gasteiger partial charge in [0.25, 0.3) is 0 Å². The molecule has 0 spiro atoms. The van der Waals surface area contributed by atoms with Crippen molar-refractivity contribution in [1.82, 2.24) is 10.2 Å². The van der Waals surface area contributed by atoms with Crippen molar-refractivity contribution in [3.63, 3.8) is 0 Å². The highest BCUT2D eigenvalue weighted by Crippen LogP contribution is 2.07. The lowest BCUT2D eigenvalue weighted by atomic mass is 10.2. The number of aliphatic imine (C=N–C) groups is 1. The van der Waals surface area contributed by atoms with Gasteiger partial charge in [-0.3, -0.25) is 4.99 Å². The van der Waals surface area contributed by atoms with E-state index in [1.807, 2.05) is 0 Å². The molecule has 15 heavy (non-hydrogen) atoms. The fraction of sp³-hybridized carbons (Fsp3) is 0.917. The van der Waals surface area contributed by atoms with Crippen LogP contribution < -0.4 is 5.32 Å². The monoisotopic (exact) mass is 209 g/mol. The second kappa shape index (κ2) is 6.11. The van der Waals surface area contributed by atoms with Gasteiger partial charge < -0.3 is 10.2 Å². The van der Waals surface area contributed by atoms with Crippen LogP contribution >= 0.6 is 0 Å². The molecular formula is C12H23N3. The van der Waals surface area contributed by atoms with Crippen molar-refractivity contribution >= 4 is 5.84 Å². The van der Waals surface area contributed by atoms with Crippen LogP contribution in [-0.2, 0) is 0 Å². The summed E-state index contributed by atoms with van der Waals surface area (Å²) >= 11 is 0. The summed E-state index contributed by atoms with van der Waals surface area (Å²) < 4.78 is 0. The van der Waals surface area contributed by atoms with Crippen LogP contribution in [0.1, 0.15) is 38.5 Å². The SMILES string of the molecule is C1CCN=C(NCCN2CCCC2)CC1. The van der Waals surface area contributed by atoms with Crippen molar-refractivity contribution < 1.29 is 0 Å². The summed E-state index contributed by atoms with van der Waals surface area (Å²) in [6, 6.07) is 0. The van der Waals surface area contributed by atoms with Crippen LogP contribution in [-0.4, -0.2) is 43.5 Å². The van der Waals surface area contributed by atoms with E-state index in [9.17, 15) is 0 Å². The second-order valence-corrected chi connectivity index (χ2v) is 4.61. The van der Waals surface area contributed by atoms with Crippen molar-refractivity contribution in [3.05, 3.63) is 0 Å². The Morgan fingerprint density at radius 2 is 1.93 bits per heavy atom. The molecule has 0 unspecified atom stereocenters. The Balaban J connectivity index is 1.61. The first-order valence-corrected chi connectivity index (χ1v) is 6.45. The molecule has 0 amide bonds. The van der Waals surface area contributed by atoms with Crippen LogP contribution in [0.15, 0.2) is 4.99 Å². The lowest BCUT2D eigenvalue weighted by molar-refractivity contribution is 0.343. The molecule has 0 aromatic heterocycles. The summed E-state index contributed by atoms with van der Waals surface area (Å²) in [6.45, 7) is 5.91. The standard InChI is InChI=1S/C12H23N3/c1-2-6-12(13-7-3-1)14-8-11-15-9-4-5-10-15/h1-11H2,(H,13,14). The highest BCUT2D eigenvalue weighted by molar-refractivity contribution is 5.82. The third-order valence-corrected chi connectivity index (χ3v) is 3.33. The Morgan fingerprint density at radius 3 is 2.80 bits per heavy atom. The molecule has 0 aromatic rings. The predicted molar refractivity (Wildman–Crippen MR) is 64.4 cm³/mol. The van der Waals surface area contributed by atoms with E-state index in [1.165, 1.54) is 64.0 Å². The molecule has 2 aliphatic rings. The fourth-order valence-corrected chi connectivity index (χ4v) is 2.38. The van der Waals surface area contributed by atoms with E-state index in [0.29, 0.717) is 0 Å². The fourth-order valence-electron chi connectivity index (χ4n) is 2.38. The summed E-state index contributed by atoms with van der Waals surface area (Å²) in [6.07, 6.45) is 7.88. The Hall–Kier alpha value is -0.570. The van der Waals surface area contributed by atoms with Gasteiger partial charge in [0.15, 0.2) is 0 Å². The molecule has 0 radical (unpaired) electrons. The maximum Gasteiger partial charge on any atom is 0.0963 e. The number of amidine groups is 1. The van der Waals surface area contributed by atoms with E-state index in [-0.39, 0.29) is 0 Å². The maximum absolute atomic E-state index is 4.57. The Labute approximate surface area is 92.9 Å². The molecule has 2 rings (SSSR count). The average molecular weight is 209 g/mol. The first kappa shape index (κ1) is 10.9. The number of rotatable bonds is 3. The highest BCUT2D eigenvalue weighted by atomic mass is 15.2. The summed E-state index contributed by atoms with van der Waals surface area (Å²) in [5.74, 6) is 1.26. The van der Waals surface area contributed by atoms with E-state index in [0.717, 1.165) is 13.1 Å². The van der Waals surface area contributed by atoms with Gasteiger partial charge in [-0.25, -0.2) is 0 Å². The van der Waals surface area contributed by atoms with Gasteiger partial charge in [0.1, 0.15) is 0 Å². The molecule has 3 heteroatoms. The van der Waals surface area contributed by atoms with Crippen LogP contribution in [0.3, 0.4) is 0 Å². The molecule has 3 nitrogen and oxygen atoms in total. The third-order valence-electron chi connectivity index (χ3n) is 3.33. The summed E-state index contributed by atoms with van der Waals surface area (Å²) in [5.41, 5.74) is 0. The molecule has 0 bridgehead atoms. The first-order valence-electron chi connectivity index (χ1n) is 6.45. The predicted octanol–water partition coefficient (Wildman–Crippen LogP) is 1.64. The lowest BCUT2D eigenvalue weighted by Gasteiger charge is -2.15. The zero-order valence-corrected chi connectivity index (χ0v) is 9.67. The molecule has 86 valence electrons. The molecule has 1 fully saturated rings. The average Bonchev–Trinajstić information content (AvgIpc) is 2.62. The summed E-state index contributed by atoms with van der Waals surface area (Å²) in [5, 5.41) is 3.50. The van der Waals surface area contributed by atoms with Gasteiger partial charge in [-0.15, -0.1) is 0 Å². The number of nitrogens with zero attached hydrogens (tertiary/aromatic N) is 2. The zero-order chi connectivity index (χ0) is 10.3. The third kappa shape index (κ3) is 3.82. The molecule has 2 aliphatic heterocycles. The highest BCUT2D eigenvalue weighted by Gasteiger charge is 2.10. The molecule has 0 aliphatic carbocycles. The van der Waals surface area contributed by atoms with Gasteiger partial charge >= 0.3 is 0 Å². The van der Waals surface area contributed by atoms with Gasteiger partial charge in [0, 0.05) is 26.1 Å². The minimum absolute atomic E-state index is 1.03. The largest absolute Gasteiger partial charge is 0.373 e. The number of likely N-dealkylation sites (tertiary alicyclic amines) is 1. The Bertz CT molecular complexity index is 207. The Kier molecular flexibility index (Phi) is 4.45. The van der Waals surface area contributed by atoms with Crippen molar-refractivity contribution in [3.8, 4) is 0 Å². The van der Waals surface area contributed by atoms with Gasteiger partial charge in [-0.05, 0) is 38.8 Å². The maximum atomic E-state index is 4.57. The van der Waals surface area contributed by atoms with E-state index in [4.69, 9.17) is 0 Å². The molecule has 2 heterocycles. The van der Waals surface area contributed by atoms with Gasteiger partial charge in [0.2, 0.25) is 0 Å². The van der Waals surface area contributed by atoms with Crippen molar-refractivity contribution in [2.24, 2.45) is 4.99 Å². The molecule has 1 N–H and O–H groups in total. The second-order valence-electron chi connectivity index (χ2n) is 4.61. The first-order chi connectivity index (χ1) is 7.45. The van der Waals surface area contributed by atoms with Crippen molar-refractivity contribution in [2.75, 3.05) is 32.7 Å². The van der Waals surface area contributed by atoms with Gasteiger partial charge in [-0.2, -0.15) is 0 Å². The van der Waals surface area contributed by atoms with E-state index >= 15 is 0 Å². The van der Waals surface area contributed by atoms with Crippen LogP contribution in [0.2, 0.25) is 0 Å². The minimum atomic E-state index is 1.03. The van der Waals surface area contributed by atoms with E-state index < -0.39 is 0 Å². The summed E-state index contributed by atoms with van der Waals surface area (Å²) in [7, 11) is 0. The van der Waals surface area contributed by atoms with Crippen LogP contribution in [0.25, 0.3) is 0 Å². The van der Waals surface area contributed by atoms with E-state index in [2.05, 4.69) is 15.2 Å². The van der Waals surface area contributed by atoms with Crippen molar-refractivity contribution in [1.29, 1.82) is 0 Å². The van der Waals surface area contributed by atoms with Crippen LogP contribution in [0.4, 0.5) is 0 Å². The van der Waals surface area contributed by atoms with Crippen LogP contribution in [0, 0.1) is 0 Å². The number of nitrogens with one attached hydrogen (secondary N) is 1. The zero-order valence-electron chi connectivity index (χ0n) is 9.67. The topological polar surface area (TPSA) is 27.6 Å².